The normalized spacial score (nSPS) is 13.4. The number of benzene rings is 1. The van der Waals surface area contributed by atoms with Gasteiger partial charge in [-0.3, -0.25) is 13.9 Å². The van der Waals surface area contributed by atoms with E-state index in [1.165, 1.54) is 9.13 Å². The molecular formula is C21H29BrN2O5. The highest BCUT2D eigenvalue weighted by Crippen LogP contribution is 2.26. The number of fused-ring (bicyclic) bond motifs is 1. The van der Waals surface area contributed by atoms with Crippen LogP contribution >= 0.6 is 15.9 Å². The maximum atomic E-state index is 13.0. The molecule has 160 valence electrons. The number of rotatable bonds is 5. The van der Waals surface area contributed by atoms with Crippen LogP contribution in [-0.4, -0.2) is 32.3 Å². The van der Waals surface area contributed by atoms with Crippen LogP contribution in [0.4, 0.5) is 0 Å². The van der Waals surface area contributed by atoms with E-state index in [-0.39, 0.29) is 18.5 Å². The van der Waals surface area contributed by atoms with Crippen molar-refractivity contribution in [1.29, 1.82) is 0 Å². The first kappa shape index (κ1) is 23.2. The first-order chi connectivity index (χ1) is 13.2. The van der Waals surface area contributed by atoms with Gasteiger partial charge in [0, 0.05) is 17.9 Å². The summed E-state index contributed by atoms with van der Waals surface area (Å²) in [7, 11) is 1.65. The van der Waals surface area contributed by atoms with Crippen LogP contribution in [0.25, 0.3) is 11.0 Å². The van der Waals surface area contributed by atoms with E-state index in [0.29, 0.717) is 11.0 Å². The number of esters is 2. The highest BCUT2D eigenvalue weighted by atomic mass is 79.9. The Balaban J connectivity index is 2.47. The topological polar surface area (TPSA) is 79.5 Å². The molecule has 1 aromatic carbocycles. The molecule has 1 atom stereocenters. The molecule has 2 aromatic rings. The summed E-state index contributed by atoms with van der Waals surface area (Å²) in [6.45, 7) is 10.6. The number of imidazole rings is 1. The maximum absolute atomic E-state index is 13.0. The predicted octanol–water partition coefficient (Wildman–Crippen LogP) is 4.11. The number of hydrogen-bond donors (Lipinski definition) is 0. The van der Waals surface area contributed by atoms with Crippen LogP contribution in [0.1, 0.15) is 60.4 Å². The largest absolute Gasteiger partial charge is 0.460 e. The summed E-state index contributed by atoms with van der Waals surface area (Å²) in [6, 6.07) is 4.44. The third-order valence-corrected chi connectivity index (χ3v) is 4.58. The minimum absolute atomic E-state index is 0.0134. The average Bonchev–Trinajstić information content (AvgIpc) is 2.76. The van der Waals surface area contributed by atoms with Gasteiger partial charge in [0.05, 0.1) is 11.0 Å². The van der Waals surface area contributed by atoms with Crippen molar-refractivity contribution in [2.45, 2.75) is 71.6 Å². The standard InChI is InChI=1S/C21H29BrN2O5/c1-20(2,3)28-17(25)11-10-15(18(26)29-21(4,5)6)24-14-9-8-13(22)12-16(14)23(7)19(24)27/h8-9,12,15H,10-11H2,1-7H3. The van der Waals surface area contributed by atoms with Gasteiger partial charge in [0.2, 0.25) is 0 Å². The molecule has 0 N–H and O–H groups in total. The average molecular weight is 469 g/mol. The summed E-state index contributed by atoms with van der Waals surface area (Å²) in [4.78, 5) is 38.2. The van der Waals surface area contributed by atoms with Gasteiger partial charge in [-0.2, -0.15) is 0 Å². The molecule has 1 heterocycles. The maximum Gasteiger partial charge on any atom is 0.329 e. The second-order valence-corrected chi connectivity index (χ2v) is 9.93. The molecule has 0 fully saturated rings. The lowest BCUT2D eigenvalue weighted by molar-refractivity contribution is -0.160. The van der Waals surface area contributed by atoms with Crippen molar-refractivity contribution >= 4 is 38.9 Å². The van der Waals surface area contributed by atoms with Crippen molar-refractivity contribution in [3.05, 3.63) is 33.2 Å². The molecule has 0 aliphatic rings. The highest BCUT2D eigenvalue weighted by molar-refractivity contribution is 9.10. The van der Waals surface area contributed by atoms with Crippen LogP contribution in [-0.2, 0) is 26.1 Å². The second-order valence-electron chi connectivity index (χ2n) is 9.02. The molecule has 29 heavy (non-hydrogen) atoms. The number of halogens is 1. The van der Waals surface area contributed by atoms with Crippen LogP contribution in [0.5, 0.6) is 0 Å². The zero-order valence-electron chi connectivity index (χ0n) is 18.0. The summed E-state index contributed by atoms with van der Waals surface area (Å²) >= 11 is 3.41. The smallest absolute Gasteiger partial charge is 0.329 e. The molecule has 7 nitrogen and oxygen atoms in total. The van der Waals surface area contributed by atoms with Gasteiger partial charge in [0.15, 0.2) is 0 Å². The van der Waals surface area contributed by atoms with E-state index in [0.717, 1.165) is 4.47 Å². The zero-order chi connectivity index (χ0) is 22.1. The number of nitrogens with zero attached hydrogens (tertiary/aromatic N) is 2. The van der Waals surface area contributed by atoms with Crippen molar-refractivity contribution < 1.29 is 19.1 Å². The highest BCUT2D eigenvalue weighted by Gasteiger charge is 2.31. The summed E-state index contributed by atoms with van der Waals surface area (Å²) < 4.78 is 14.6. The summed E-state index contributed by atoms with van der Waals surface area (Å²) in [6.07, 6.45) is 0.0828. The number of hydrogen-bond acceptors (Lipinski definition) is 5. The number of carbonyl (C=O) groups excluding carboxylic acids is 2. The fourth-order valence-corrected chi connectivity index (χ4v) is 3.36. The van der Waals surface area contributed by atoms with Crippen LogP contribution in [0.3, 0.4) is 0 Å². The van der Waals surface area contributed by atoms with Gasteiger partial charge in [0.25, 0.3) is 0 Å². The number of carbonyl (C=O) groups is 2. The molecule has 0 aliphatic carbocycles. The molecule has 0 aliphatic heterocycles. The van der Waals surface area contributed by atoms with Crippen LogP contribution in [0.15, 0.2) is 27.5 Å². The van der Waals surface area contributed by atoms with Crippen molar-refractivity contribution in [2.24, 2.45) is 7.05 Å². The Morgan fingerprint density at radius 1 is 1.03 bits per heavy atom. The molecule has 1 aromatic heterocycles. The fraction of sp³-hybridized carbons (Fsp3) is 0.571. The van der Waals surface area contributed by atoms with Gasteiger partial charge in [-0.1, -0.05) is 15.9 Å². The molecule has 2 rings (SSSR count). The Hall–Kier alpha value is -2.09. The van der Waals surface area contributed by atoms with Gasteiger partial charge < -0.3 is 9.47 Å². The van der Waals surface area contributed by atoms with Crippen molar-refractivity contribution in [2.75, 3.05) is 0 Å². The quantitative estimate of drug-likeness (QED) is 0.616. The van der Waals surface area contributed by atoms with E-state index < -0.39 is 29.2 Å². The van der Waals surface area contributed by atoms with Crippen LogP contribution in [0.2, 0.25) is 0 Å². The molecule has 1 unspecified atom stereocenters. The minimum atomic E-state index is -0.945. The lowest BCUT2D eigenvalue weighted by atomic mass is 10.1. The predicted molar refractivity (Wildman–Crippen MR) is 115 cm³/mol. The molecular weight excluding hydrogens is 440 g/mol. The molecule has 0 bridgehead atoms. The Bertz CT molecular complexity index is 976. The first-order valence-corrected chi connectivity index (χ1v) is 10.3. The molecule has 0 spiro atoms. The van der Waals surface area contributed by atoms with Gasteiger partial charge in [0.1, 0.15) is 17.2 Å². The number of aryl methyl sites for hydroxylation is 1. The van der Waals surface area contributed by atoms with Gasteiger partial charge in [-0.25, -0.2) is 9.59 Å². The molecule has 0 saturated carbocycles. The van der Waals surface area contributed by atoms with E-state index >= 15 is 0 Å². The van der Waals surface area contributed by atoms with E-state index in [4.69, 9.17) is 9.47 Å². The van der Waals surface area contributed by atoms with E-state index in [1.54, 1.807) is 60.7 Å². The third kappa shape index (κ3) is 5.95. The van der Waals surface area contributed by atoms with Gasteiger partial charge in [-0.05, 0) is 66.2 Å². The van der Waals surface area contributed by atoms with E-state index in [1.807, 2.05) is 6.07 Å². The summed E-state index contributed by atoms with van der Waals surface area (Å²) in [5.74, 6) is -0.985. The Labute approximate surface area is 179 Å². The fourth-order valence-electron chi connectivity index (χ4n) is 3.01. The first-order valence-electron chi connectivity index (χ1n) is 9.51. The van der Waals surface area contributed by atoms with Crippen molar-refractivity contribution in [3.8, 4) is 0 Å². The third-order valence-electron chi connectivity index (χ3n) is 4.08. The second kappa shape index (κ2) is 8.34. The van der Waals surface area contributed by atoms with Crippen LogP contribution in [0, 0.1) is 0 Å². The number of ether oxygens (including phenoxy) is 2. The lowest BCUT2D eigenvalue weighted by Crippen LogP contribution is -2.36. The Morgan fingerprint density at radius 3 is 2.17 bits per heavy atom. The lowest BCUT2D eigenvalue weighted by Gasteiger charge is -2.25. The summed E-state index contributed by atoms with van der Waals surface area (Å²) in [5.41, 5.74) is -0.423. The molecule has 0 radical (unpaired) electrons. The SMILES string of the molecule is Cn1c(=O)n(C(CCC(=O)OC(C)(C)C)C(=O)OC(C)(C)C)c2ccc(Br)cc21. The summed E-state index contributed by atoms with van der Waals surface area (Å²) in [5, 5.41) is 0. The zero-order valence-corrected chi connectivity index (χ0v) is 19.6. The molecule has 0 amide bonds. The minimum Gasteiger partial charge on any atom is -0.460 e. The molecule has 0 saturated heterocycles. The molecule has 8 heteroatoms. The van der Waals surface area contributed by atoms with Crippen LogP contribution < -0.4 is 5.69 Å². The van der Waals surface area contributed by atoms with E-state index in [9.17, 15) is 14.4 Å². The van der Waals surface area contributed by atoms with Gasteiger partial charge in [-0.15, -0.1) is 0 Å². The van der Waals surface area contributed by atoms with E-state index in [2.05, 4.69) is 15.9 Å². The van der Waals surface area contributed by atoms with Gasteiger partial charge >= 0.3 is 17.6 Å². The Morgan fingerprint density at radius 2 is 1.62 bits per heavy atom. The Kier molecular flexibility index (Phi) is 6.67. The van der Waals surface area contributed by atoms with Crippen molar-refractivity contribution in [1.82, 2.24) is 9.13 Å². The monoisotopic (exact) mass is 468 g/mol. The van der Waals surface area contributed by atoms with Crippen molar-refractivity contribution in [3.63, 3.8) is 0 Å². The number of aromatic nitrogens is 2.